The van der Waals surface area contributed by atoms with Gasteiger partial charge >= 0.3 is 6.01 Å². The molecule has 7 rings (SSSR count). The Morgan fingerprint density at radius 3 is 2.76 bits per heavy atom. The third-order valence-corrected chi connectivity index (χ3v) is 7.32. The molecule has 1 spiro atoms. The highest BCUT2D eigenvalue weighted by Crippen LogP contribution is 2.61. The summed E-state index contributed by atoms with van der Waals surface area (Å²) in [4.78, 5) is 28.7. The van der Waals surface area contributed by atoms with Crippen LogP contribution in [0.15, 0.2) is 48.9 Å². The van der Waals surface area contributed by atoms with E-state index in [1.165, 1.54) is 12.7 Å². The molecule has 0 saturated heterocycles. The lowest BCUT2D eigenvalue weighted by atomic mass is 9.98. The van der Waals surface area contributed by atoms with E-state index in [4.69, 9.17) is 14.6 Å². The number of rotatable bonds is 5. The molecule has 3 aromatic heterocycles. The molecule has 0 radical (unpaired) electrons. The lowest BCUT2D eigenvalue weighted by Crippen LogP contribution is -2.34. The van der Waals surface area contributed by atoms with Gasteiger partial charge in [-0.3, -0.25) is 4.79 Å². The van der Waals surface area contributed by atoms with Crippen LogP contribution in [0.2, 0.25) is 0 Å². The Hall–Kier alpha value is -4.01. The predicted octanol–water partition coefficient (Wildman–Crippen LogP) is 3.14. The van der Waals surface area contributed by atoms with Gasteiger partial charge in [-0.05, 0) is 37.0 Å². The number of fused-ring (bicyclic) bond motifs is 3. The molecule has 4 aromatic rings. The number of methoxy groups -OCH3 is 2. The van der Waals surface area contributed by atoms with Crippen LogP contribution in [-0.4, -0.2) is 50.7 Å². The van der Waals surface area contributed by atoms with Gasteiger partial charge in [0, 0.05) is 41.8 Å². The highest BCUT2D eigenvalue weighted by atomic mass is 16.5. The highest BCUT2D eigenvalue weighted by Gasteiger charge is 2.62. The Morgan fingerprint density at radius 1 is 1.12 bits per heavy atom. The molecule has 2 saturated carbocycles. The number of nitrogens with zero attached hydrogens (tertiary/aromatic N) is 6. The summed E-state index contributed by atoms with van der Waals surface area (Å²) >= 11 is 0. The first kappa shape index (κ1) is 19.5. The zero-order valence-corrected chi connectivity index (χ0v) is 18.8. The summed E-state index contributed by atoms with van der Waals surface area (Å²) in [6.45, 7) is 0. The number of carbonyl (C=O) groups is 1. The van der Waals surface area contributed by atoms with Gasteiger partial charge in [0.15, 0.2) is 5.65 Å². The summed E-state index contributed by atoms with van der Waals surface area (Å²) in [5.74, 6) is 0.805. The molecule has 2 aliphatic carbocycles. The molecule has 170 valence electrons. The average Bonchev–Trinajstić information content (AvgIpc) is 3.78. The largest absolute Gasteiger partial charge is 0.480 e. The van der Waals surface area contributed by atoms with Gasteiger partial charge in [0.25, 0.3) is 0 Å². The van der Waals surface area contributed by atoms with E-state index in [9.17, 15) is 4.79 Å². The van der Waals surface area contributed by atoms with Gasteiger partial charge in [-0.1, -0.05) is 18.2 Å². The first-order valence-corrected chi connectivity index (χ1v) is 11.4. The molecule has 0 N–H and O–H groups in total. The van der Waals surface area contributed by atoms with Gasteiger partial charge in [0.2, 0.25) is 11.8 Å². The number of carbonyl (C=O) groups excluding carboxylic acids is 1. The molecule has 3 aliphatic rings. The van der Waals surface area contributed by atoms with Crippen LogP contribution in [0.5, 0.6) is 11.9 Å². The van der Waals surface area contributed by atoms with Crippen molar-refractivity contribution in [2.24, 2.45) is 0 Å². The maximum Gasteiger partial charge on any atom is 0.319 e. The second-order valence-corrected chi connectivity index (χ2v) is 9.14. The Balaban J connectivity index is 1.30. The number of para-hydroxylation sites is 1. The van der Waals surface area contributed by atoms with Crippen molar-refractivity contribution in [3.05, 3.63) is 60.0 Å². The van der Waals surface area contributed by atoms with Crippen molar-refractivity contribution in [2.45, 2.75) is 36.6 Å². The molecular weight excluding hydrogens is 432 g/mol. The second-order valence-electron chi connectivity index (χ2n) is 9.14. The molecule has 9 nitrogen and oxygen atoms in total. The van der Waals surface area contributed by atoms with Crippen molar-refractivity contribution >= 4 is 17.2 Å². The first-order valence-electron chi connectivity index (χ1n) is 11.4. The fraction of sp³-hybridized carbons (Fsp3) is 0.320. The van der Waals surface area contributed by atoms with Crippen LogP contribution < -0.4 is 14.4 Å². The van der Waals surface area contributed by atoms with Crippen molar-refractivity contribution in [1.29, 1.82) is 0 Å². The summed E-state index contributed by atoms with van der Waals surface area (Å²) in [5, 5.41) is 4.72. The maximum atomic E-state index is 13.5. The van der Waals surface area contributed by atoms with Crippen LogP contribution in [-0.2, 0) is 10.2 Å². The van der Waals surface area contributed by atoms with Crippen molar-refractivity contribution < 1.29 is 14.3 Å². The Bertz CT molecular complexity index is 1480. The fourth-order valence-electron chi connectivity index (χ4n) is 5.41. The first-order chi connectivity index (χ1) is 16.6. The molecule has 2 fully saturated rings. The summed E-state index contributed by atoms with van der Waals surface area (Å²) in [6, 6.07) is 10.6. The molecule has 34 heavy (non-hydrogen) atoms. The number of anilines is 1. The van der Waals surface area contributed by atoms with Crippen LogP contribution in [0.25, 0.3) is 16.9 Å². The van der Waals surface area contributed by atoms with E-state index in [1.807, 2.05) is 29.3 Å². The van der Waals surface area contributed by atoms with Gasteiger partial charge in [-0.25, -0.2) is 14.5 Å². The smallest absolute Gasteiger partial charge is 0.319 e. The monoisotopic (exact) mass is 454 g/mol. The SMILES string of the molecule is COc1ncc(-c2cc([C@@H]3C[C@@H]3N3C(=O)C4(CC4)c4ccccc43)c3nccn3n2)c(OC)n1. The van der Waals surface area contributed by atoms with Crippen molar-refractivity contribution in [2.75, 3.05) is 19.1 Å². The molecule has 1 aliphatic heterocycles. The number of ether oxygens (including phenoxy) is 2. The van der Waals surface area contributed by atoms with E-state index in [2.05, 4.69) is 27.1 Å². The van der Waals surface area contributed by atoms with E-state index in [0.717, 1.165) is 36.2 Å². The van der Waals surface area contributed by atoms with Crippen LogP contribution in [0.3, 0.4) is 0 Å². The lowest BCUT2D eigenvalue weighted by Gasteiger charge is -2.19. The molecule has 2 atom stereocenters. The fourth-order valence-corrected chi connectivity index (χ4v) is 5.41. The molecular formula is C25H22N6O3. The number of hydrogen-bond donors (Lipinski definition) is 0. The third-order valence-electron chi connectivity index (χ3n) is 7.32. The maximum absolute atomic E-state index is 13.5. The molecule has 1 amide bonds. The Labute approximate surface area is 195 Å². The molecule has 0 bridgehead atoms. The van der Waals surface area contributed by atoms with E-state index in [-0.39, 0.29) is 29.3 Å². The lowest BCUT2D eigenvalue weighted by molar-refractivity contribution is -0.120. The van der Waals surface area contributed by atoms with E-state index >= 15 is 0 Å². The van der Waals surface area contributed by atoms with Crippen LogP contribution in [0.4, 0.5) is 5.69 Å². The average molecular weight is 454 g/mol. The number of imidazole rings is 1. The predicted molar refractivity (Wildman–Crippen MR) is 123 cm³/mol. The van der Waals surface area contributed by atoms with E-state index < -0.39 is 0 Å². The highest BCUT2D eigenvalue weighted by molar-refractivity contribution is 6.11. The summed E-state index contributed by atoms with van der Waals surface area (Å²) in [5.41, 5.74) is 5.16. The minimum absolute atomic E-state index is 0.110. The summed E-state index contributed by atoms with van der Waals surface area (Å²) < 4.78 is 12.4. The van der Waals surface area contributed by atoms with Gasteiger partial charge in [-0.15, -0.1) is 0 Å². The topological polar surface area (TPSA) is 94.7 Å². The summed E-state index contributed by atoms with van der Waals surface area (Å²) in [6.07, 6.45) is 7.99. The number of benzene rings is 1. The van der Waals surface area contributed by atoms with Crippen molar-refractivity contribution in [3.8, 4) is 23.1 Å². The second kappa shape index (κ2) is 6.75. The van der Waals surface area contributed by atoms with E-state index in [1.54, 1.807) is 24.0 Å². The minimum Gasteiger partial charge on any atom is -0.480 e. The zero-order valence-electron chi connectivity index (χ0n) is 18.8. The minimum atomic E-state index is -0.288. The Morgan fingerprint density at radius 2 is 1.97 bits per heavy atom. The normalized spacial score (nSPS) is 21.7. The Kier molecular flexibility index (Phi) is 3.87. The van der Waals surface area contributed by atoms with Gasteiger partial charge in [-0.2, -0.15) is 10.1 Å². The van der Waals surface area contributed by atoms with Crippen LogP contribution in [0.1, 0.15) is 36.3 Å². The molecule has 1 aromatic carbocycles. The summed E-state index contributed by atoms with van der Waals surface area (Å²) in [7, 11) is 3.07. The number of hydrogen-bond acceptors (Lipinski definition) is 7. The van der Waals surface area contributed by atoms with Crippen molar-refractivity contribution in [3.63, 3.8) is 0 Å². The van der Waals surface area contributed by atoms with Gasteiger partial charge in [0.1, 0.15) is 0 Å². The standard InChI is InChI=1S/C25H22N6O3/c1-33-22-16(13-27-24(28-22)34-2)18-11-15(21-26-9-10-30(21)29-18)14-12-20(14)31-19-6-4-3-5-17(19)25(7-8-25)23(31)32/h3-6,9-11,13-14,20H,7-8,12H2,1-2H3/t14-,20-/m0/s1. The quantitative estimate of drug-likeness (QED) is 0.457. The number of aromatic nitrogens is 5. The van der Waals surface area contributed by atoms with Crippen LogP contribution >= 0.6 is 0 Å². The van der Waals surface area contributed by atoms with Crippen LogP contribution in [0, 0.1) is 0 Å². The molecule has 0 unspecified atom stereocenters. The van der Waals surface area contributed by atoms with E-state index in [0.29, 0.717) is 17.1 Å². The molecule has 4 heterocycles. The third kappa shape index (κ3) is 2.57. The molecule has 9 heteroatoms. The van der Waals surface area contributed by atoms with Gasteiger partial charge in [0.05, 0.1) is 30.9 Å². The number of amides is 1. The zero-order chi connectivity index (χ0) is 23.0. The van der Waals surface area contributed by atoms with Gasteiger partial charge < -0.3 is 14.4 Å². The van der Waals surface area contributed by atoms with Crippen molar-refractivity contribution in [1.82, 2.24) is 24.6 Å².